The van der Waals surface area contributed by atoms with E-state index in [1.165, 1.54) is 0 Å². The van der Waals surface area contributed by atoms with E-state index in [0.29, 0.717) is 12.2 Å². The van der Waals surface area contributed by atoms with Gasteiger partial charge in [0, 0.05) is 17.8 Å². The van der Waals surface area contributed by atoms with E-state index in [9.17, 15) is 14.6 Å². The fraction of sp³-hybridized carbons (Fsp3) is 0.444. The second kappa shape index (κ2) is 5.65. The molecule has 0 aliphatic rings. The van der Waals surface area contributed by atoms with E-state index in [0.717, 1.165) is 12.3 Å². The van der Waals surface area contributed by atoms with Crippen LogP contribution in [0.2, 0.25) is 5.02 Å². The minimum atomic E-state index is -1.22. The first-order valence-electron chi connectivity index (χ1n) is 4.34. The second-order valence-corrected chi connectivity index (χ2v) is 3.91. The zero-order chi connectivity index (χ0) is 11.4. The summed E-state index contributed by atoms with van der Waals surface area (Å²) < 4.78 is 12.8. The van der Waals surface area contributed by atoms with E-state index < -0.39 is 18.2 Å². The molecule has 0 aliphatic heterocycles. The number of rotatable bonds is 4. The summed E-state index contributed by atoms with van der Waals surface area (Å²) in [7, 11) is 0. The zero-order valence-electron chi connectivity index (χ0n) is 7.77. The van der Waals surface area contributed by atoms with Crippen molar-refractivity contribution in [3.63, 3.8) is 0 Å². The van der Waals surface area contributed by atoms with Crippen molar-refractivity contribution in [3.8, 4) is 0 Å². The fourth-order valence-electron chi connectivity index (χ4n) is 1.15. The largest absolute Gasteiger partial charge is 0.390 e. The van der Waals surface area contributed by atoms with Gasteiger partial charge in [-0.1, -0.05) is 11.6 Å². The third-order valence-corrected chi connectivity index (χ3v) is 2.53. The van der Waals surface area contributed by atoms with Crippen LogP contribution < -0.4 is 0 Å². The highest BCUT2D eigenvalue weighted by molar-refractivity contribution is 7.80. The number of hydrogen-bond acceptors (Lipinski definition) is 4. The Bertz CT molecular complexity index is 340. The van der Waals surface area contributed by atoms with E-state index in [4.69, 9.17) is 11.6 Å². The highest BCUT2D eigenvalue weighted by Gasteiger charge is 2.20. The SMILES string of the molecule is OC(CCS)C(O)c1cc(F)ncc1Cl. The lowest BCUT2D eigenvalue weighted by Gasteiger charge is -2.18. The van der Waals surface area contributed by atoms with Gasteiger partial charge in [-0.2, -0.15) is 17.0 Å². The Morgan fingerprint density at radius 3 is 2.80 bits per heavy atom. The van der Waals surface area contributed by atoms with E-state index in [1.807, 2.05) is 0 Å². The van der Waals surface area contributed by atoms with Gasteiger partial charge in [0.25, 0.3) is 0 Å². The number of thiol groups is 1. The third kappa shape index (κ3) is 3.31. The minimum Gasteiger partial charge on any atom is -0.390 e. The Labute approximate surface area is 97.3 Å². The monoisotopic (exact) mass is 251 g/mol. The Hall–Kier alpha value is -0.360. The molecule has 0 aliphatic carbocycles. The number of nitrogens with zero attached hydrogens (tertiary/aromatic N) is 1. The van der Waals surface area contributed by atoms with Gasteiger partial charge < -0.3 is 10.2 Å². The molecule has 1 aromatic rings. The quantitative estimate of drug-likeness (QED) is 0.563. The topological polar surface area (TPSA) is 53.4 Å². The first kappa shape index (κ1) is 12.7. The van der Waals surface area contributed by atoms with Crippen molar-refractivity contribution in [1.29, 1.82) is 0 Å². The number of aliphatic hydroxyl groups is 2. The van der Waals surface area contributed by atoms with Gasteiger partial charge in [0.05, 0.1) is 11.1 Å². The summed E-state index contributed by atoms with van der Waals surface area (Å²) in [5, 5.41) is 19.3. The van der Waals surface area contributed by atoms with Gasteiger partial charge in [-0.25, -0.2) is 4.98 Å². The third-order valence-electron chi connectivity index (χ3n) is 1.96. The van der Waals surface area contributed by atoms with Crippen LogP contribution >= 0.6 is 24.2 Å². The maximum Gasteiger partial charge on any atom is 0.213 e. The molecule has 3 nitrogen and oxygen atoms in total. The van der Waals surface area contributed by atoms with E-state index in [1.54, 1.807) is 0 Å². The summed E-state index contributed by atoms with van der Waals surface area (Å²) >= 11 is 9.64. The van der Waals surface area contributed by atoms with Crippen molar-refractivity contribution in [2.75, 3.05) is 5.75 Å². The summed E-state index contributed by atoms with van der Waals surface area (Å²) in [5.41, 5.74) is 0.137. The molecule has 6 heteroatoms. The predicted octanol–water partition coefficient (Wildman–Crippen LogP) is 1.59. The molecule has 2 unspecified atom stereocenters. The molecular weight excluding hydrogens is 241 g/mol. The van der Waals surface area contributed by atoms with Crippen LogP contribution in [-0.4, -0.2) is 27.1 Å². The molecule has 0 spiro atoms. The molecule has 15 heavy (non-hydrogen) atoms. The molecule has 0 saturated heterocycles. The van der Waals surface area contributed by atoms with Crippen LogP contribution in [0, 0.1) is 5.95 Å². The number of pyridine rings is 1. The maximum absolute atomic E-state index is 12.8. The van der Waals surface area contributed by atoms with Crippen molar-refractivity contribution >= 4 is 24.2 Å². The van der Waals surface area contributed by atoms with Crippen molar-refractivity contribution in [1.82, 2.24) is 4.98 Å². The molecule has 1 rings (SSSR count). The van der Waals surface area contributed by atoms with Crippen molar-refractivity contribution in [2.45, 2.75) is 18.6 Å². The zero-order valence-corrected chi connectivity index (χ0v) is 9.42. The molecule has 0 radical (unpaired) electrons. The molecule has 0 saturated carbocycles. The molecule has 0 aromatic carbocycles. The lowest BCUT2D eigenvalue weighted by Crippen LogP contribution is -2.19. The first-order chi connectivity index (χ1) is 7.06. The van der Waals surface area contributed by atoms with Crippen molar-refractivity contribution in [2.24, 2.45) is 0 Å². The predicted molar refractivity (Wildman–Crippen MR) is 58.6 cm³/mol. The standard InChI is InChI=1S/C9H11ClFNO2S/c10-6-4-12-8(11)3-5(6)9(14)7(13)1-2-15/h3-4,7,9,13-15H,1-2H2. The van der Waals surface area contributed by atoms with Gasteiger partial charge in [-0.3, -0.25) is 0 Å². The van der Waals surface area contributed by atoms with Crippen LogP contribution in [0.1, 0.15) is 18.1 Å². The van der Waals surface area contributed by atoms with E-state index in [-0.39, 0.29) is 10.6 Å². The molecule has 1 heterocycles. The molecule has 1 aromatic heterocycles. The normalized spacial score (nSPS) is 15.0. The molecule has 0 bridgehead atoms. The molecule has 2 N–H and O–H groups in total. The van der Waals surface area contributed by atoms with Crippen molar-refractivity contribution < 1.29 is 14.6 Å². The van der Waals surface area contributed by atoms with Gasteiger partial charge in [0.15, 0.2) is 0 Å². The van der Waals surface area contributed by atoms with Gasteiger partial charge >= 0.3 is 0 Å². The Balaban J connectivity index is 2.89. The van der Waals surface area contributed by atoms with Crippen LogP contribution in [0.3, 0.4) is 0 Å². The fourth-order valence-corrected chi connectivity index (χ4v) is 1.63. The Kier molecular flexibility index (Phi) is 4.79. The molecular formula is C9H11ClFNO2S. The number of aromatic nitrogens is 1. The number of aliphatic hydroxyl groups excluding tert-OH is 2. The highest BCUT2D eigenvalue weighted by Crippen LogP contribution is 2.26. The van der Waals surface area contributed by atoms with Crippen LogP contribution in [0.5, 0.6) is 0 Å². The molecule has 0 fully saturated rings. The second-order valence-electron chi connectivity index (χ2n) is 3.05. The summed E-state index contributed by atoms with van der Waals surface area (Å²) in [6, 6.07) is 1.01. The Morgan fingerprint density at radius 1 is 1.53 bits per heavy atom. The van der Waals surface area contributed by atoms with Crippen LogP contribution in [0.15, 0.2) is 12.3 Å². The summed E-state index contributed by atoms with van der Waals surface area (Å²) in [5.74, 6) is -0.324. The van der Waals surface area contributed by atoms with Crippen LogP contribution in [-0.2, 0) is 0 Å². The average molecular weight is 252 g/mol. The van der Waals surface area contributed by atoms with Crippen LogP contribution in [0.25, 0.3) is 0 Å². The molecule has 2 atom stereocenters. The first-order valence-corrected chi connectivity index (χ1v) is 5.35. The number of hydrogen-bond donors (Lipinski definition) is 3. The Morgan fingerprint density at radius 2 is 2.20 bits per heavy atom. The smallest absolute Gasteiger partial charge is 0.213 e. The van der Waals surface area contributed by atoms with Crippen LogP contribution in [0.4, 0.5) is 4.39 Å². The average Bonchev–Trinajstić information content (AvgIpc) is 2.21. The lowest BCUT2D eigenvalue weighted by molar-refractivity contribution is 0.0170. The van der Waals surface area contributed by atoms with Gasteiger partial charge in [-0.05, 0) is 12.2 Å². The van der Waals surface area contributed by atoms with Gasteiger partial charge in [-0.15, -0.1) is 0 Å². The van der Waals surface area contributed by atoms with E-state index in [2.05, 4.69) is 17.6 Å². The molecule has 0 amide bonds. The summed E-state index contributed by atoms with van der Waals surface area (Å²) in [6.45, 7) is 0. The van der Waals surface area contributed by atoms with E-state index >= 15 is 0 Å². The molecule has 84 valence electrons. The van der Waals surface area contributed by atoms with Crippen molar-refractivity contribution in [3.05, 3.63) is 28.8 Å². The number of halogens is 2. The maximum atomic E-state index is 12.8. The highest BCUT2D eigenvalue weighted by atomic mass is 35.5. The minimum absolute atomic E-state index is 0.127. The lowest BCUT2D eigenvalue weighted by atomic mass is 10.0. The summed E-state index contributed by atoms with van der Waals surface area (Å²) in [6.07, 6.45) is -0.836. The summed E-state index contributed by atoms with van der Waals surface area (Å²) in [4.78, 5) is 3.32. The van der Waals surface area contributed by atoms with Gasteiger partial charge in [0.2, 0.25) is 5.95 Å². The van der Waals surface area contributed by atoms with Gasteiger partial charge in [0.1, 0.15) is 6.10 Å².